The summed E-state index contributed by atoms with van der Waals surface area (Å²) < 4.78 is 29.0. The third-order valence-electron chi connectivity index (χ3n) is 3.00. The van der Waals surface area contributed by atoms with E-state index in [4.69, 9.17) is 5.73 Å². The highest BCUT2D eigenvalue weighted by Crippen LogP contribution is 2.25. The van der Waals surface area contributed by atoms with E-state index >= 15 is 0 Å². The molecule has 1 aromatic heterocycles. The van der Waals surface area contributed by atoms with Gasteiger partial charge in [0.05, 0.1) is 22.4 Å². The minimum absolute atomic E-state index is 0.350. The first-order valence-corrected chi connectivity index (χ1v) is 7.22. The number of halogens is 3. The molecule has 1 aromatic carbocycles. The summed E-state index contributed by atoms with van der Waals surface area (Å²) in [5.74, 6) is -1.18. The Morgan fingerprint density at radius 1 is 1.30 bits per heavy atom. The SMILES string of the molecule is CCCn1ncc(Br)c1C(N)Cc1cc(F)cc(F)c1. The van der Waals surface area contributed by atoms with Crippen LogP contribution in [0, 0.1) is 11.6 Å². The second kappa shape index (κ2) is 6.45. The van der Waals surface area contributed by atoms with Crippen LogP contribution in [0.3, 0.4) is 0 Å². The van der Waals surface area contributed by atoms with Gasteiger partial charge >= 0.3 is 0 Å². The maximum absolute atomic E-state index is 13.2. The Morgan fingerprint density at radius 2 is 1.95 bits per heavy atom. The molecular weight excluding hydrogens is 328 g/mol. The lowest BCUT2D eigenvalue weighted by Gasteiger charge is -2.15. The van der Waals surface area contributed by atoms with Gasteiger partial charge in [0.1, 0.15) is 11.6 Å². The van der Waals surface area contributed by atoms with Crippen LogP contribution in [0.15, 0.2) is 28.9 Å². The number of benzene rings is 1. The number of hydrogen-bond acceptors (Lipinski definition) is 2. The fraction of sp³-hybridized carbons (Fsp3) is 0.357. The zero-order valence-electron chi connectivity index (χ0n) is 11.1. The molecular formula is C14H16BrF2N3. The van der Waals surface area contributed by atoms with E-state index in [0.29, 0.717) is 12.0 Å². The van der Waals surface area contributed by atoms with Crippen molar-refractivity contribution in [2.45, 2.75) is 32.4 Å². The van der Waals surface area contributed by atoms with Gasteiger partial charge in [0, 0.05) is 12.6 Å². The van der Waals surface area contributed by atoms with Gasteiger partial charge in [-0.3, -0.25) is 4.68 Å². The van der Waals surface area contributed by atoms with E-state index in [1.807, 2.05) is 11.6 Å². The molecule has 2 aromatic rings. The molecule has 1 heterocycles. The highest BCUT2D eigenvalue weighted by atomic mass is 79.9. The molecule has 0 radical (unpaired) electrons. The first-order valence-electron chi connectivity index (χ1n) is 6.43. The van der Waals surface area contributed by atoms with Gasteiger partial charge < -0.3 is 5.73 Å². The highest BCUT2D eigenvalue weighted by Gasteiger charge is 2.17. The molecule has 2 N–H and O–H groups in total. The monoisotopic (exact) mass is 343 g/mol. The molecule has 0 amide bonds. The molecule has 0 bridgehead atoms. The smallest absolute Gasteiger partial charge is 0.126 e. The van der Waals surface area contributed by atoms with Crippen molar-refractivity contribution >= 4 is 15.9 Å². The van der Waals surface area contributed by atoms with E-state index in [2.05, 4.69) is 21.0 Å². The van der Waals surface area contributed by atoms with Crippen LogP contribution in [0.5, 0.6) is 0 Å². The topological polar surface area (TPSA) is 43.8 Å². The van der Waals surface area contributed by atoms with E-state index in [0.717, 1.165) is 29.2 Å². The lowest BCUT2D eigenvalue weighted by molar-refractivity contribution is 0.533. The normalized spacial score (nSPS) is 12.7. The van der Waals surface area contributed by atoms with E-state index < -0.39 is 11.6 Å². The molecule has 0 aliphatic carbocycles. The van der Waals surface area contributed by atoms with Crippen LogP contribution >= 0.6 is 15.9 Å². The zero-order valence-corrected chi connectivity index (χ0v) is 12.7. The van der Waals surface area contributed by atoms with E-state index in [1.54, 1.807) is 6.20 Å². The Hall–Kier alpha value is -1.27. The molecule has 1 atom stereocenters. The number of aryl methyl sites for hydroxylation is 1. The van der Waals surface area contributed by atoms with Crippen molar-refractivity contribution in [3.63, 3.8) is 0 Å². The second-order valence-electron chi connectivity index (χ2n) is 4.69. The number of aromatic nitrogens is 2. The molecule has 2 rings (SSSR count). The molecule has 0 fully saturated rings. The van der Waals surface area contributed by atoms with Gasteiger partial charge in [0.25, 0.3) is 0 Å². The van der Waals surface area contributed by atoms with Crippen molar-refractivity contribution in [3.05, 3.63) is 51.8 Å². The average Bonchev–Trinajstić information content (AvgIpc) is 2.69. The van der Waals surface area contributed by atoms with Crippen LogP contribution < -0.4 is 5.73 Å². The van der Waals surface area contributed by atoms with E-state index in [1.165, 1.54) is 12.1 Å². The van der Waals surface area contributed by atoms with Crippen molar-refractivity contribution in [1.82, 2.24) is 9.78 Å². The van der Waals surface area contributed by atoms with Crippen LogP contribution in [0.25, 0.3) is 0 Å². The molecule has 0 spiro atoms. The fourth-order valence-electron chi connectivity index (χ4n) is 2.21. The Labute approximate surface area is 124 Å². The van der Waals surface area contributed by atoms with E-state index in [9.17, 15) is 8.78 Å². The predicted octanol–water partition coefficient (Wildman–Crippen LogP) is 3.58. The minimum Gasteiger partial charge on any atom is -0.322 e. The molecule has 0 aliphatic heterocycles. The molecule has 0 aliphatic rings. The molecule has 6 heteroatoms. The van der Waals surface area contributed by atoms with Crippen LogP contribution in [0.2, 0.25) is 0 Å². The first kappa shape index (κ1) is 15.1. The zero-order chi connectivity index (χ0) is 14.7. The summed E-state index contributed by atoms with van der Waals surface area (Å²) in [7, 11) is 0. The summed E-state index contributed by atoms with van der Waals surface area (Å²) in [6.07, 6.45) is 2.97. The molecule has 0 saturated heterocycles. The van der Waals surface area contributed by atoms with Crippen LogP contribution in [-0.4, -0.2) is 9.78 Å². The number of rotatable bonds is 5. The number of hydrogen-bond donors (Lipinski definition) is 1. The fourth-order valence-corrected chi connectivity index (χ4v) is 2.80. The summed E-state index contributed by atoms with van der Waals surface area (Å²) in [5, 5.41) is 4.24. The van der Waals surface area contributed by atoms with Crippen LogP contribution in [0.4, 0.5) is 8.78 Å². The van der Waals surface area contributed by atoms with Crippen LogP contribution in [-0.2, 0) is 13.0 Å². The van der Waals surface area contributed by atoms with Gasteiger partial charge in [-0.05, 0) is 46.5 Å². The van der Waals surface area contributed by atoms with Gasteiger partial charge in [0.15, 0.2) is 0 Å². The van der Waals surface area contributed by atoms with Crippen molar-refractivity contribution < 1.29 is 8.78 Å². The first-order chi connectivity index (χ1) is 9.51. The van der Waals surface area contributed by atoms with Crippen LogP contribution in [0.1, 0.15) is 30.6 Å². The summed E-state index contributed by atoms with van der Waals surface area (Å²) in [4.78, 5) is 0. The molecule has 0 saturated carbocycles. The lowest BCUT2D eigenvalue weighted by atomic mass is 10.0. The van der Waals surface area contributed by atoms with Crippen molar-refractivity contribution in [2.24, 2.45) is 5.73 Å². The molecule has 1 unspecified atom stereocenters. The van der Waals surface area contributed by atoms with E-state index in [-0.39, 0.29) is 6.04 Å². The Kier molecular flexibility index (Phi) is 4.88. The minimum atomic E-state index is -0.590. The molecule has 3 nitrogen and oxygen atoms in total. The largest absolute Gasteiger partial charge is 0.322 e. The molecule has 20 heavy (non-hydrogen) atoms. The Balaban J connectivity index is 2.23. The van der Waals surface area contributed by atoms with Crippen molar-refractivity contribution in [1.29, 1.82) is 0 Å². The van der Waals surface area contributed by atoms with Crippen molar-refractivity contribution in [2.75, 3.05) is 0 Å². The second-order valence-corrected chi connectivity index (χ2v) is 5.54. The summed E-state index contributed by atoms with van der Waals surface area (Å²) in [5.41, 5.74) is 7.55. The Bertz CT molecular complexity index is 578. The third kappa shape index (κ3) is 3.43. The summed E-state index contributed by atoms with van der Waals surface area (Å²) >= 11 is 3.42. The van der Waals surface area contributed by atoms with Gasteiger partial charge in [-0.15, -0.1) is 0 Å². The number of nitrogens with zero attached hydrogens (tertiary/aromatic N) is 2. The highest BCUT2D eigenvalue weighted by molar-refractivity contribution is 9.10. The average molecular weight is 344 g/mol. The molecule has 108 valence electrons. The third-order valence-corrected chi connectivity index (χ3v) is 3.61. The summed E-state index contributed by atoms with van der Waals surface area (Å²) in [6, 6.07) is 3.08. The van der Waals surface area contributed by atoms with Crippen molar-refractivity contribution in [3.8, 4) is 0 Å². The number of nitrogens with two attached hydrogens (primary N) is 1. The van der Waals surface area contributed by atoms with Gasteiger partial charge in [-0.25, -0.2) is 8.78 Å². The predicted molar refractivity (Wildman–Crippen MR) is 77.2 cm³/mol. The van der Waals surface area contributed by atoms with Gasteiger partial charge in [0.2, 0.25) is 0 Å². The maximum atomic E-state index is 13.2. The quantitative estimate of drug-likeness (QED) is 0.901. The lowest BCUT2D eigenvalue weighted by Crippen LogP contribution is -2.19. The van der Waals surface area contributed by atoms with Gasteiger partial charge in [-0.2, -0.15) is 5.10 Å². The maximum Gasteiger partial charge on any atom is 0.126 e. The summed E-state index contributed by atoms with van der Waals surface area (Å²) in [6.45, 7) is 2.80. The Morgan fingerprint density at radius 3 is 2.55 bits per heavy atom. The van der Waals surface area contributed by atoms with Gasteiger partial charge in [-0.1, -0.05) is 6.92 Å². The standard InChI is InChI=1S/C14H16BrF2N3/c1-2-3-20-14(12(15)8-19-20)13(18)6-9-4-10(16)7-11(17)5-9/h4-5,7-8,13H,2-3,6,18H2,1H3.